The third-order valence-corrected chi connectivity index (χ3v) is 6.28. The molecule has 29 heavy (non-hydrogen) atoms. The molecule has 0 aromatic carbocycles. The number of aromatic nitrogens is 4. The van der Waals surface area contributed by atoms with Crippen LogP contribution in [0.4, 0.5) is 0 Å². The maximum Gasteiger partial charge on any atom is 0.272 e. The summed E-state index contributed by atoms with van der Waals surface area (Å²) in [5, 5.41) is 10.7. The molecule has 146 valence electrons. The number of amides is 1. The van der Waals surface area contributed by atoms with E-state index in [1.807, 2.05) is 35.7 Å². The van der Waals surface area contributed by atoms with Crippen LogP contribution in [-0.2, 0) is 0 Å². The van der Waals surface area contributed by atoms with Gasteiger partial charge in [-0.2, -0.15) is 9.78 Å². The molecular formula is C22H21N5OS. The minimum atomic E-state index is -0.137. The Morgan fingerprint density at radius 3 is 2.69 bits per heavy atom. The molecule has 5 rings (SSSR count). The van der Waals surface area contributed by atoms with E-state index in [4.69, 9.17) is 0 Å². The number of carbonyl (C=O) groups is 1. The lowest BCUT2D eigenvalue weighted by Gasteiger charge is -2.22. The molecule has 0 atom stereocenters. The van der Waals surface area contributed by atoms with Crippen molar-refractivity contribution in [2.45, 2.75) is 38.1 Å². The van der Waals surface area contributed by atoms with Crippen LogP contribution in [0.25, 0.3) is 27.3 Å². The first-order valence-corrected chi connectivity index (χ1v) is 10.8. The highest BCUT2D eigenvalue weighted by atomic mass is 32.1. The molecule has 4 heterocycles. The Labute approximate surface area is 172 Å². The maximum atomic E-state index is 13.3. The molecule has 1 fully saturated rings. The molecule has 1 amide bonds. The zero-order valence-electron chi connectivity index (χ0n) is 15.9. The van der Waals surface area contributed by atoms with E-state index in [1.54, 1.807) is 28.4 Å². The van der Waals surface area contributed by atoms with E-state index in [9.17, 15) is 4.79 Å². The largest absolute Gasteiger partial charge is 0.348 e. The van der Waals surface area contributed by atoms with Gasteiger partial charge in [0.2, 0.25) is 0 Å². The number of carbonyl (C=O) groups excluding carboxylic acids is 1. The average Bonchev–Trinajstić information content (AvgIpc) is 3.43. The summed E-state index contributed by atoms with van der Waals surface area (Å²) >= 11 is 1.64. The molecule has 1 aliphatic rings. The fourth-order valence-electron chi connectivity index (χ4n) is 3.98. The van der Waals surface area contributed by atoms with Crippen molar-refractivity contribution in [3.8, 4) is 16.3 Å². The first-order chi connectivity index (χ1) is 14.3. The van der Waals surface area contributed by atoms with Crippen LogP contribution in [0, 0.1) is 0 Å². The van der Waals surface area contributed by atoms with E-state index in [2.05, 4.69) is 26.4 Å². The molecule has 1 saturated carbocycles. The first-order valence-electron chi connectivity index (χ1n) is 9.95. The van der Waals surface area contributed by atoms with Gasteiger partial charge in [-0.3, -0.25) is 4.79 Å². The minimum absolute atomic E-state index is 0.137. The topological polar surface area (TPSA) is 72.7 Å². The zero-order chi connectivity index (χ0) is 19.6. The van der Waals surface area contributed by atoms with Crippen LogP contribution in [0.15, 0.2) is 54.2 Å². The number of rotatable bonds is 4. The van der Waals surface area contributed by atoms with E-state index >= 15 is 0 Å². The van der Waals surface area contributed by atoms with Crippen molar-refractivity contribution in [3.63, 3.8) is 0 Å². The van der Waals surface area contributed by atoms with Gasteiger partial charge in [-0.15, -0.1) is 11.3 Å². The number of nitrogens with zero attached hydrogens (tertiary/aromatic N) is 4. The number of hydrogen-bond acceptors (Lipinski definition) is 5. The van der Waals surface area contributed by atoms with Gasteiger partial charge in [-0.05, 0) is 42.5 Å². The van der Waals surface area contributed by atoms with Crippen molar-refractivity contribution in [3.05, 3.63) is 59.9 Å². The quantitative estimate of drug-likeness (QED) is 0.540. The SMILES string of the molecule is O=C(NC1CCCCC1)c1nn(-c2ccccn2)c2nccc(-c3cccs3)c12. The summed E-state index contributed by atoms with van der Waals surface area (Å²) < 4.78 is 1.67. The molecule has 0 radical (unpaired) electrons. The molecule has 4 aromatic heterocycles. The molecule has 1 N–H and O–H groups in total. The van der Waals surface area contributed by atoms with Gasteiger partial charge >= 0.3 is 0 Å². The first kappa shape index (κ1) is 18.0. The van der Waals surface area contributed by atoms with Crippen molar-refractivity contribution in [2.75, 3.05) is 0 Å². The maximum absolute atomic E-state index is 13.3. The van der Waals surface area contributed by atoms with Crippen LogP contribution < -0.4 is 5.32 Å². The molecule has 0 aliphatic heterocycles. The van der Waals surface area contributed by atoms with Crippen molar-refractivity contribution >= 4 is 28.3 Å². The van der Waals surface area contributed by atoms with Crippen LogP contribution in [0.5, 0.6) is 0 Å². The standard InChI is InChI=1S/C22H21N5OS/c28-22(25-15-7-2-1-3-8-15)20-19-16(17-9-6-14-29-17)11-13-24-21(19)27(26-20)18-10-4-5-12-23-18/h4-6,9-15H,1-3,7-8H2,(H,25,28). The fraction of sp³-hybridized carbons (Fsp3) is 0.273. The van der Waals surface area contributed by atoms with Crippen molar-refractivity contribution in [2.24, 2.45) is 0 Å². The zero-order valence-corrected chi connectivity index (χ0v) is 16.7. The Balaban J connectivity index is 1.66. The molecule has 0 unspecified atom stereocenters. The minimum Gasteiger partial charge on any atom is -0.348 e. The van der Waals surface area contributed by atoms with Crippen LogP contribution >= 0.6 is 11.3 Å². The van der Waals surface area contributed by atoms with Crippen LogP contribution in [0.2, 0.25) is 0 Å². The number of thiophene rings is 1. The van der Waals surface area contributed by atoms with E-state index in [0.717, 1.165) is 41.5 Å². The lowest BCUT2D eigenvalue weighted by atomic mass is 9.95. The second kappa shape index (κ2) is 7.75. The Bertz CT molecular complexity index is 1130. The van der Waals surface area contributed by atoms with Gasteiger partial charge < -0.3 is 5.32 Å². The lowest BCUT2D eigenvalue weighted by molar-refractivity contribution is 0.0924. The summed E-state index contributed by atoms with van der Waals surface area (Å²) in [6.07, 6.45) is 9.11. The normalized spacial score (nSPS) is 14.9. The molecule has 7 heteroatoms. The van der Waals surface area contributed by atoms with Crippen LogP contribution in [0.1, 0.15) is 42.6 Å². The summed E-state index contributed by atoms with van der Waals surface area (Å²) in [6, 6.07) is 11.9. The van der Waals surface area contributed by atoms with Crippen molar-refractivity contribution in [1.82, 2.24) is 25.1 Å². The van der Waals surface area contributed by atoms with Crippen molar-refractivity contribution in [1.29, 1.82) is 0 Å². The molecule has 1 aliphatic carbocycles. The summed E-state index contributed by atoms with van der Waals surface area (Å²) in [5.41, 5.74) is 2.03. The summed E-state index contributed by atoms with van der Waals surface area (Å²) in [4.78, 5) is 23.3. The molecule has 0 spiro atoms. The van der Waals surface area contributed by atoms with Gasteiger partial charge in [-0.1, -0.05) is 31.4 Å². The van der Waals surface area contributed by atoms with Crippen LogP contribution in [-0.4, -0.2) is 31.7 Å². The highest BCUT2D eigenvalue weighted by Crippen LogP contribution is 2.33. The Kier molecular flexibility index (Phi) is 4.81. The second-order valence-electron chi connectivity index (χ2n) is 7.29. The molecule has 0 saturated heterocycles. The fourth-order valence-corrected chi connectivity index (χ4v) is 4.74. The summed E-state index contributed by atoms with van der Waals surface area (Å²) in [6.45, 7) is 0. The highest BCUT2D eigenvalue weighted by Gasteiger charge is 2.25. The Hall–Kier alpha value is -3.06. The third kappa shape index (κ3) is 3.42. The van der Waals surface area contributed by atoms with Gasteiger partial charge in [0.25, 0.3) is 5.91 Å². The summed E-state index contributed by atoms with van der Waals surface area (Å²) in [5.74, 6) is 0.507. The van der Waals surface area contributed by atoms with E-state index in [-0.39, 0.29) is 11.9 Å². The van der Waals surface area contributed by atoms with Gasteiger partial charge in [0, 0.05) is 28.9 Å². The van der Waals surface area contributed by atoms with Gasteiger partial charge in [0.05, 0.1) is 5.39 Å². The predicted molar refractivity (Wildman–Crippen MR) is 114 cm³/mol. The van der Waals surface area contributed by atoms with E-state index < -0.39 is 0 Å². The number of pyridine rings is 2. The lowest BCUT2D eigenvalue weighted by Crippen LogP contribution is -2.36. The molecule has 6 nitrogen and oxygen atoms in total. The molecular weight excluding hydrogens is 382 g/mol. The average molecular weight is 404 g/mol. The van der Waals surface area contributed by atoms with Gasteiger partial charge in [0.1, 0.15) is 0 Å². The second-order valence-corrected chi connectivity index (χ2v) is 8.24. The van der Waals surface area contributed by atoms with E-state index in [0.29, 0.717) is 17.2 Å². The number of nitrogens with one attached hydrogen (secondary N) is 1. The summed E-state index contributed by atoms with van der Waals surface area (Å²) in [7, 11) is 0. The van der Waals surface area contributed by atoms with Crippen molar-refractivity contribution < 1.29 is 4.79 Å². The van der Waals surface area contributed by atoms with E-state index in [1.165, 1.54) is 6.42 Å². The molecule has 4 aromatic rings. The monoisotopic (exact) mass is 403 g/mol. The Morgan fingerprint density at radius 2 is 1.93 bits per heavy atom. The molecule has 0 bridgehead atoms. The predicted octanol–water partition coefficient (Wildman–Crippen LogP) is 4.61. The van der Waals surface area contributed by atoms with Crippen LogP contribution in [0.3, 0.4) is 0 Å². The van der Waals surface area contributed by atoms with Gasteiger partial charge in [0.15, 0.2) is 17.2 Å². The highest BCUT2D eigenvalue weighted by molar-refractivity contribution is 7.13. The Morgan fingerprint density at radius 1 is 1.03 bits per heavy atom. The smallest absolute Gasteiger partial charge is 0.272 e. The van der Waals surface area contributed by atoms with Gasteiger partial charge in [-0.25, -0.2) is 9.97 Å². The number of hydrogen-bond donors (Lipinski definition) is 1. The third-order valence-electron chi connectivity index (χ3n) is 5.38. The number of fused-ring (bicyclic) bond motifs is 1.